The number of nitrogens with zero attached hydrogens (tertiary/aromatic N) is 2. The normalized spacial score (nSPS) is 17.3. The number of hydrogen-bond acceptors (Lipinski definition) is 6. The van der Waals surface area contributed by atoms with Crippen molar-refractivity contribution in [3.05, 3.63) is 46.4 Å². The molecule has 1 saturated heterocycles. The van der Waals surface area contributed by atoms with Crippen molar-refractivity contribution >= 4 is 11.8 Å². The molecule has 1 aliphatic heterocycles. The number of pyridine rings is 1. The van der Waals surface area contributed by atoms with Crippen molar-refractivity contribution in [2.45, 2.75) is 25.5 Å². The highest BCUT2D eigenvalue weighted by Gasteiger charge is 2.23. The van der Waals surface area contributed by atoms with Gasteiger partial charge in [0.25, 0.3) is 5.56 Å². The van der Waals surface area contributed by atoms with Gasteiger partial charge >= 0.3 is 6.09 Å². The summed E-state index contributed by atoms with van der Waals surface area (Å²) in [5.41, 5.74) is 14.4. The Labute approximate surface area is 163 Å². The second-order valence-electron chi connectivity index (χ2n) is 7.06. The molecule has 0 bridgehead atoms. The van der Waals surface area contributed by atoms with Crippen molar-refractivity contribution in [2.75, 3.05) is 25.9 Å². The summed E-state index contributed by atoms with van der Waals surface area (Å²) in [6.07, 6.45) is 2.55. The van der Waals surface area contributed by atoms with Gasteiger partial charge in [0.05, 0.1) is 7.11 Å². The standard InChI is InChI=1S/C20H26N4O4/c1-23-12-17(18(27-2)9-19(23)25)16-8-14(21)6-5-13(16)10-24-7-3-4-15(11-24)28-20(22)26/h5-6,8-9,12,15H,3-4,7,10-11,21H2,1-2H3,(H2,22,26). The Balaban J connectivity index is 1.93. The Morgan fingerprint density at radius 1 is 1.29 bits per heavy atom. The second kappa shape index (κ2) is 8.35. The van der Waals surface area contributed by atoms with Gasteiger partial charge in [0, 0.05) is 43.7 Å². The maximum atomic E-state index is 12.0. The molecular weight excluding hydrogens is 360 g/mol. The number of nitrogen functional groups attached to an aromatic ring is 1. The number of hydrogen-bond donors (Lipinski definition) is 2. The molecule has 8 heteroatoms. The van der Waals surface area contributed by atoms with Crippen LogP contribution in [0.3, 0.4) is 0 Å². The first kappa shape index (κ1) is 19.8. The Kier molecular flexibility index (Phi) is 5.89. The minimum atomic E-state index is -0.741. The van der Waals surface area contributed by atoms with Crippen molar-refractivity contribution in [1.29, 1.82) is 0 Å². The molecule has 150 valence electrons. The summed E-state index contributed by atoms with van der Waals surface area (Å²) in [7, 11) is 3.24. The van der Waals surface area contributed by atoms with E-state index in [1.807, 2.05) is 18.2 Å². The van der Waals surface area contributed by atoms with E-state index in [4.69, 9.17) is 20.9 Å². The van der Waals surface area contributed by atoms with Gasteiger partial charge in [0.2, 0.25) is 0 Å². The minimum absolute atomic E-state index is 0.145. The molecule has 2 aromatic rings. The SMILES string of the molecule is COc1cc(=O)n(C)cc1-c1cc(N)ccc1CN1CCCC(OC(N)=O)C1. The average Bonchev–Trinajstić information content (AvgIpc) is 2.65. The molecule has 1 fully saturated rings. The number of nitrogens with two attached hydrogens (primary N) is 2. The van der Waals surface area contributed by atoms with Crippen molar-refractivity contribution in [3.8, 4) is 16.9 Å². The fourth-order valence-corrected chi connectivity index (χ4v) is 3.62. The van der Waals surface area contributed by atoms with Gasteiger partial charge in [-0.25, -0.2) is 4.79 Å². The molecule has 0 spiro atoms. The molecule has 1 aliphatic rings. The lowest BCUT2D eigenvalue weighted by atomic mass is 9.98. The Morgan fingerprint density at radius 2 is 2.07 bits per heavy atom. The summed E-state index contributed by atoms with van der Waals surface area (Å²) >= 11 is 0. The van der Waals surface area contributed by atoms with Gasteiger partial charge in [0.15, 0.2) is 0 Å². The zero-order valence-corrected chi connectivity index (χ0v) is 16.2. The fourth-order valence-electron chi connectivity index (χ4n) is 3.62. The van der Waals surface area contributed by atoms with Crippen molar-refractivity contribution in [3.63, 3.8) is 0 Å². The number of carbonyl (C=O) groups is 1. The highest BCUT2D eigenvalue weighted by atomic mass is 16.6. The van der Waals surface area contributed by atoms with Gasteiger partial charge in [-0.05, 0) is 42.6 Å². The summed E-state index contributed by atoms with van der Waals surface area (Å²) < 4.78 is 12.1. The minimum Gasteiger partial charge on any atom is -0.496 e. The first-order valence-corrected chi connectivity index (χ1v) is 9.19. The summed E-state index contributed by atoms with van der Waals surface area (Å²) in [6, 6.07) is 7.20. The third-order valence-corrected chi connectivity index (χ3v) is 4.97. The van der Waals surface area contributed by atoms with Gasteiger partial charge in [-0.3, -0.25) is 9.69 Å². The van der Waals surface area contributed by atoms with E-state index < -0.39 is 6.09 Å². The van der Waals surface area contributed by atoms with E-state index in [1.165, 1.54) is 10.6 Å². The number of primary amides is 1. The van der Waals surface area contributed by atoms with Crippen LogP contribution in [-0.2, 0) is 18.3 Å². The maximum absolute atomic E-state index is 12.0. The molecule has 1 amide bonds. The third kappa shape index (κ3) is 4.45. The van der Waals surface area contributed by atoms with Crippen molar-refractivity contribution in [2.24, 2.45) is 12.8 Å². The number of aryl methyl sites for hydroxylation is 1. The van der Waals surface area contributed by atoms with Crippen LogP contribution in [0.15, 0.2) is 35.3 Å². The van der Waals surface area contributed by atoms with Gasteiger partial charge in [-0.15, -0.1) is 0 Å². The molecule has 1 atom stereocenters. The van der Waals surface area contributed by atoms with E-state index in [0.29, 0.717) is 24.5 Å². The summed E-state index contributed by atoms with van der Waals surface area (Å²) in [5.74, 6) is 0.503. The number of piperidine rings is 1. The Hall–Kier alpha value is -3.00. The van der Waals surface area contributed by atoms with E-state index in [-0.39, 0.29) is 11.7 Å². The van der Waals surface area contributed by atoms with Crippen LogP contribution in [0.2, 0.25) is 0 Å². The number of aromatic nitrogens is 1. The van der Waals surface area contributed by atoms with Crippen LogP contribution in [0, 0.1) is 0 Å². The lowest BCUT2D eigenvalue weighted by molar-refractivity contribution is 0.0447. The largest absolute Gasteiger partial charge is 0.496 e. The van der Waals surface area contributed by atoms with E-state index in [1.54, 1.807) is 20.4 Å². The molecule has 0 aliphatic carbocycles. The maximum Gasteiger partial charge on any atom is 0.404 e. The lowest BCUT2D eigenvalue weighted by Gasteiger charge is -2.32. The van der Waals surface area contributed by atoms with Gasteiger partial charge in [-0.1, -0.05) is 6.07 Å². The van der Waals surface area contributed by atoms with E-state index in [9.17, 15) is 9.59 Å². The fraction of sp³-hybridized carbons (Fsp3) is 0.400. The molecule has 1 aromatic heterocycles. The number of methoxy groups -OCH3 is 1. The Morgan fingerprint density at radius 3 is 2.79 bits per heavy atom. The van der Waals surface area contributed by atoms with Gasteiger partial charge < -0.3 is 25.5 Å². The van der Waals surface area contributed by atoms with Crippen LogP contribution in [0.4, 0.5) is 10.5 Å². The molecule has 4 N–H and O–H groups in total. The quantitative estimate of drug-likeness (QED) is 0.757. The first-order valence-electron chi connectivity index (χ1n) is 9.19. The number of anilines is 1. The van der Waals surface area contributed by atoms with Crippen LogP contribution in [-0.4, -0.2) is 41.9 Å². The van der Waals surface area contributed by atoms with Crippen LogP contribution in [0.5, 0.6) is 5.75 Å². The number of rotatable bonds is 5. The number of benzene rings is 1. The number of carbonyl (C=O) groups excluding carboxylic acids is 1. The van der Waals surface area contributed by atoms with Gasteiger partial charge in [-0.2, -0.15) is 0 Å². The molecule has 2 heterocycles. The van der Waals surface area contributed by atoms with Crippen molar-refractivity contribution < 1.29 is 14.3 Å². The van der Waals surface area contributed by atoms with E-state index >= 15 is 0 Å². The predicted octanol–water partition coefficient (Wildman–Crippen LogP) is 1.70. The topological polar surface area (TPSA) is 113 Å². The number of likely N-dealkylation sites (tertiary alicyclic amines) is 1. The summed E-state index contributed by atoms with van der Waals surface area (Å²) in [6.45, 7) is 2.17. The molecule has 0 radical (unpaired) electrons. The smallest absolute Gasteiger partial charge is 0.404 e. The van der Waals surface area contributed by atoms with E-state index in [0.717, 1.165) is 36.1 Å². The molecule has 0 saturated carbocycles. The summed E-state index contributed by atoms with van der Waals surface area (Å²) in [4.78, 5) is 25.3. The van der Waals surface area contributed by atoms with Crippen molar-refractivity contribution in [1.82, 2.24) is 9.47 Å². The summed E-state index contributed by atoms with van der Waals surface area (Å²) in [5, 5.41) is 0. The zero-order chi connectivity index (χ0) is 20.3. The monoisotopic (exact) mass is 386 g/mol. The second-order valence-corrected chi connectivity index (χ2v) is 7.06. The number of amides is 1. The predicted molar refractivity (Wildman–Crippen MR) is 107 cm³/mol. The molecule has 1 unspecified atom stereocenters. The molecule has 3 rings (SSSR count). The van der Waals surface area contributed by atoms with Crippen LogP contribution in [0.1, 0.15) is 18.4 Å². The van der Waals surface area contributed by atoms with E-state index in [2.05, 4.69) is 4.90 Å². The Bertz CT molecular complexity index is 925. The molecule has 28 heavy (non-hydrogen) atoms. The van der Waals surface area contributed by atoms with Gasteiger partial charge in [0.1, 0.15) is 11.9 Å². The van der Waals surface area contributed by atoms with Crippen LogP contribution < -0.4 is 21.8 Å². The highest BCUT2D eigenvalue weighted by Crippen LogP contribution is 2.33. The third-order valence-electron chi connectivity index (χ3n) is 4.97. The lowest BCUT2D eigenvalue weighted by Crippen LogP contribution is -2.41. The number of ether oxygens (including phenoxy) is 2. The van der Waals surface area contributed by atoms with Crippen LogP contribution >= 0.6 is 0 Å². The molecule has 1 aromatic carbocycles. The molecule has 8 nitrogen and oxygen atoms in total. The first-order chi connectivity index (χ1) is 13.4. The zero-order valence-electron chi connectivity index (χ0n) is 16.2. The average molecular weight is 386 g/mol. The molecular formula is C20H26N4O4. The van der Waals surface area contributed by atoms with Crippen LogP contribution in [0.25, 0.3) is 11.1 Å². The highest BCUT2D eigenvalue weighted by molar-refractivity contribution is 5.75.